The Morgan fingerprint density at radius 3 is 1.61 bits per heavy atom. The van der Waals surface area contributed by atoms with Crippen molar-refractivity contribution < 1.29 is 49.8 Å². The maximum absolute atomic E-state index is 5.45. The van der Waals surface area contributed by atoms with Gasteiger partial charge in [0.2, 0.25) is 0 Å². The molecule has 23 heavy (non-hydrogen) atoms. The summed E-state index contributed by atoms with van der Waals surface area (Å²) in [7, 11) is 0. The predicted molar refractivity (Wildman–Crippen MR) is 104 cm³/mol. The molecule has 0 fully saturated rings. The van der Waals surface area contributed by atoms with Crippen molar-refractivity contribution in [2.24, 2.45) is 0 Å². The van der Waals surface area contributed by atoms with Crippen LogP contribution in [0.15, 0.2) is 0 Å². The fourth-order valence-electron chi connectivity index (χ4n) is 1.26. The van der Waals surface area contributed by atoms with E-state index in [1.54, 1.807) is 11.9 Å². The van der Waals surface area contributed by atoms with E-state index in [0.717, 1.165) is 39.1 Å². The van der Waals surface area contributed by atoms with Crippen molar-refractivity contribution in [1.82, 2.24) is 6.72 Å². The molecule has 0 amide bonds. The number of hydrogen-bond acceptors (Lipinski definition) is 8. The molecule has 5 nitrogen and oxygen atoms in total. The molecular weight excluding hydrogens is 537 g/mol. The van der Waals surface area contributed by atoms with Crippen molar-refractivity contribution in [2.45, 2.75) is 26.7 Å². The molecule has 0 N–H and O–H groups in total. The molecule has 135 valence electrons. The summed E-state index contributed by atoms with van der Waals surface area (Å²) in [5.74, 6) is 0. The molecule has 0 aliphatic rings. The molecule has 0 saturated heterocycles. The first-order valence-electron chi connectivity index (χ1n) is 7.61. The van der Waals surface area contributed by atoms with Gasteiger partial charge in [-0.3, -0.25) is 0 Å². The Kier molecular flexibility index (Phi) is 35.6. The van der Waals surface area contributed by atoms with Crippen LogP contribution in [-0.4, -0.2) is 84.5 Å². The van der Waals surface area contributed by atoms with Gasteiger partial charge in [0.05, 0.1) is 0 Å². The van der Waals surface area contributed by atoms with Gasteiger partial charge in [-0.1, -0.05) is 38.6 Å². The van der Waals surface area contributed by atoms with Crippen molar-refractivity contribution in [3.05, 3.63) is 0 Å². The van der Waals surface area contributed by atoms with E-state index in [9.17, 15) is 0 Å². The van der Waals surface area contributed by atoms with Gasteiger partial charge in [-0.05, 0) is 12.7 Å². The van der Waals surface area contributed by atoms with Crippen LogP contribution in [0.1, 0.15) is 26.7 Å². The molecular formula is C13H31GaLaN2O3S3. The second-order valence-corrected chi connectivity index (χ2v) is 8.26. The van der Waals surface area contributed by atoms with Crippen molar-refractivity contribution >= 4 is 56.4 Å². The molecule has 0 atom stereocenters. The molecule has 0 aromatic carbocycles. The van der Waals surface area contributed by atoms with Gasteiger partial charge in [-0.15, -0.1) is 0 Å². The molecule has 0 rings (SSSR count). The van der Waals surface area contributed by atoms with Crippen LogP contribution < -0.4 is 0 Å². The Balaban J connectivity index is -0.00000128. The molecule has 0 aliphatic carbocycles. The number of thiol groups is 2. The van der Waals surface area contributed by atoms with Crippen molar-refractivity contribution in [1.29, 1.82) is 0 Å². The predicted octanol–water partition coefficient (Wildman–Crippen LogP) is 2.50. The van der Waals surface area contributed by atoms with Gasteiger partial charge in [0.1, 0.15) is 0 Å². The van der Waals surface area contributed by atoms with Crippen molar-refractivity contribution in [3.63, 3.8) is 0 Å². The molecule has 0 heterocycles. The van der Waals surface area contributed by atoms with Crippen LogP contribution in [0.25, 0.3) is 0 Å². The van der Waals surface area contributed by atoms with Crippen LogP contribution in [0.4, 0.5) is 0 Å². The fraction of sp³-hybridized carbons (Fsp3) is 1.00. The Morgan fingerprint density at radius 2 is 1.22 bits per heavy atom. The van der Waals surface area contributed by atoms with Gasteiger partial charge < -0.3 is 0 Å². The molecule has 0 saturated carbocycles. The minimum atomic E-state index is 0. The molecule has 10 heteroatoms. The maximum atomic E-state index is 5.45. The zero-order valence-corrected chi connectivity index (χ0v) is 23.3. The fourth-order valence-corrected chi connectivity index (χ4v) is 2.24. The van der Waals surface area contributed by atoms with E-state index < -0.39 is 0 Å². The normalized spacial score (nSPS) is 10.4. The largest absolute Gasteiger partial charge is 0 e. The van der Waals surface area contributed by atoms with Gasteiger partial charge in [0.25, 0.3) is 0 Å². The smallest absolute Gasteiger partial charge is 0 e. The summed E-state index contributed by atoms with van der Waals surface area (Å²) >= 11 is 11.5. The van der Waals surface area contributed by atoms with Gasteiger partial charge in [0, 0.05) is 42.1 Å². The van der Waals surface area contributed by atoms with E-state index >= 15 is 0 Å². The molecule has 0 unspecified atom stereocenters. The standard InChI is InChI=1S/C11H25N2O3S3.C2H6.Ga.La/c1-19-13(18)5-3-7-15-9-11-16-10-8-14-6-2-4-12-17;1-2;;/h17-18H,2-11H2,1H3;1-2H3;;/q-1;;+1;. The maximum Gasteiger partial charge on any atom is 0 e. The zero-order valence-electron chi connectivity index (χ0n) is 14.6. The van der Waals surface area contributed by atoms with Crippen LogP contribution in [-0.2, 0) is 14.2 Å². The minimum Gasteiger partial charge on any atom is 0 e. The summed E-state index contributed by atoms with van der Waals surface area (Å²) < 4.78 is 20.1. The molecule has 0 bridgehead atoms. The summed E-state index contributed by atoms with van der Waals surface area (Å²) in [4.78, 5) is 0. The van der Waals surface area contributed by atoms with Gasteiger partial charge in [-0.25, -0.2) is 0 Å². The average Bonchev–Trinajstić information content (AvgIpc) is 2.53. The van der Waals surface area contributed by atoms with E-state index in [-0.39, 0.29) is 35.6 Å². The summed E-state index contributed by atoms with van der Waals surface area (Å²) in [5, 5.41) is 0. The summed E-state index contributed by atoms with van der Waals surface area (Å²) in [6.45, 7) is 9.91. The Morgan fingerprint density at radius 1 is 0.826 bits per heavy atom. The topological polar surface area (TPSA) is 34.2 Å². The zero-order chi connectivity index (χ0) is 17.1. The third kappa shape index (κ3) is 29.7. The summed E-state index contributed by atoms with van der Waals surface area (Å²) in [5.41, 5.74) is 0. The number of ether oxygens (including phenoxy) is 3. The number of nitrogens with zero attached hydrogens (tertiary/aromatic N) is 2. The Labute approximate surface area is 196 Å². The molecule has 3 radical (unpaired) electrons. The van der Waals surface area contributed by atoms with Gasteiger partial charge in [0.15, 0.2) is 0 Å². The van der Waals surface area contributed by atoms with Crippen LogP contribution in [0, 0.1) is 35.6 Å². The average molecular weight is 568 g/mol. The van der Waals surface area contributed by atoms with E-state index in [2.05, 4.69) is 25.6 Å². The van der Waals surface area contributed by atoms with Crippen LogP contribution in [0.3, 0.4) is 0 Å². The Bertz CT molecular complexity index is 215. The van der Waals surface area contributed by atoms with Crippen LogP contribution in [0.2, 0.25) is 0 Å². The van der Waals surface area contributed by atoms with E-state index in [1.165, 1.54) is 18.8 Å². The Hall–Kier alpha value is 2.68. The van der Waals surface area contributed by atoms with Crippen molar-refractivity contribution in [2.75, 3.05) is 59.0 Å². The van der Waals surface area contributed by atoms with Crippen LogP contribution >= 0.6 is 37.6 Å². The molecule has 0 spiro atoms. The van der Waals surface area contributed by atoms with E-state index in [4.69, 9.17) is 14.2 Å². The van der Waals surface area contributed by atoms with Gasteiger partial charge >= 0.3 is 101 Å². The molecule has 0 aliphatic heterocycles. The SMILES string of the molecule is CC.CSN(S)CCCOCCOCCOCCC[N](S)[Ga].[La]. The number of hydrogen-bond donors (Lipinski definition) is 2. The van der Waals surface area contributed by atoms with Gasteiger partial charge in [-0.2, -0.15) is 3.71 Å². The first-order chi connectivity index (χ1) is 10.7. The van der Waals surface area contributed by atoms with Crippen LogP contribution in [0.5, 0.6) is 0 Å². The third-order valence-electron chi connectivity index (χ3n) is 2.27. The monoisotopic (exact) mass is 567 g/mol. The third-order valence-corrected chi connectivity index (χ3v) is 4.30. The molecule has 0 aromatic heterocycles. The quantitative estimate of drug-likeness (QED) is 0.137. The first kappa shape index (κ1) is 30.4. The van der Waals surface area contributed by atoms with E-state index in [1.807, 2.05) is 26.8 Å². The first-order valence-corrected chi connectivity index (χ1v) is 10.7. The molecule has 0 aromatic rings. The summed E-state index contributed by atoms with van der Waals surface area (Å²) in [6, 6.07) is 0. The second kappa shape index (κ2) is 26.9. The second-order valence-electron chi connectivity index (χ2n) is 3.97. The number of rotatable bonds is 15. The van der Waals surface area contributed by atoms with Crippen molar-refractivity contribution in [3.8, 4) is 0 Å². The minimum absolute atomic E-state index is 0. The summed E-state index contributed by atoms with van der Waals surface area (Å²) in [6.07, 6.45) is 3.98. The van der Waals surface area contributed by atoms with E-state index in [0.29, 0.717) is 26.4 Å².